The maximum Gasteiger partial charge on any atom is 0.248 e. The number of nitrogens with one attached hydrogen (secondary N) is 1. The van der Waals surface area contributed by atoms with E-state index in [1.54, 1.807) is 6.26 Å². The summed E-state index contributed by atoms with van der Waals surface area (Å²) >= 11 is 0. The van der Waals surface area contributed by atoms with Crippen molar-refractivity contribution < 1.29 is 13.2 Å². The van der Waals surface area contributed by atoms with Gasteiger partial charge in [-0.25, -0.2) is 8.78 Å². The van der Waals surface area contributed by atoms with Crippen LogP contribution in [0, 0.1) is 5.92 Å². The molecule has 2 atom stereocenters. The largest absolute Gasteiger partial charge is 0.469 e. The molecule has 0 aliphatic heterocycles. The summed E-state index contributed by atoms with van der Waals surface area (Å²) in [5.74, 6) is -1.41. The Hall–Kier alpha value is -0.900. The Kier molecular flexibility index (Phi) is 4.38. The molecule has 0 saturated heterocycles. The van der Waals surface area contributed by atoms with Gasteiger partial charge in [-0.2, -0.15) is 0 Å². The number of rotatable bonds is 5. The zero-order valence-corrected chi connectivity index (χ0v) is 10.8. The number of alkyl halides is 2. The molecule has 0 spiro atoms. The summed E-state index contributed by atoms with van der Waals surface area (Å²) in [7, 11) is 0. The summed E-state index contributed by atoms with van der Waals surface area (Å²) in [6, 6.07) is 4.06. The summed E-state index contributed by atoms with van der Waals surface area (Å²) in [5.41, 5.74) is 0. The van der Waals surface area contributed by atoms with Gasteiger partial charge in [0.05, 0.1) is 6.26 Å². The van der Waals surface area contributed by atoms with Crippen LogP contribution in [0.1, 0.15) is 38.4 Å². The van der Waals surface area contributed by atoms with Gasteiger partial charge >= 0.3 is 0 Å². The highest BCUT2D eigenvalue weighted by molar-refractivity contribution is 5.00. The molecule has 0 bridgehead atoms. The second kappa shape index (κ2) is 5.83. The summed E-state index contributed by atoms with van der Waals surface area (Å²) < 4.78 is 31.8. The standard InChI is InChI=1S/C14H21F2NO/c1-11(8-13-5-3-7-18-13)17-10-12-4-2-6-14(15,16)9-12/h3,5,7,11-12,17H,2,4,6,8-10H2,1H3. The SMILES string of the molecule is CC(Cc1ccco1)NCC1CCCC(F)(F)C1. The fourth-order valence-corrected chi connectivity index (χ4v) is 2.62. The Balaban J connectivity index is 1.71. The van der Waals surface area contributed by atoms with Crippen LogP contribution in [0.5, 0.6) is 0 Å². The van der Waals surface area contributed by atoms with Gasteiger partial charge in [-0.15, -0.1) is 0 Å². The minimum Gasteiger partial charge on any atom is -0.469 e. The van der Waals surface area contributed by atoms with Gasteiger partial charge in [-0.3, -0.25) is 0 Å². The predicted molar refractivity (Wildman–Crippen MR) is 66.8 cm³/mol. The van der Waals surface area contributed by atoms with Crippen LogP contribution in [0.3, 0.4) is 0 Å². The molecule has 4 heteroatoms. The first kappa shape index (κ1) is 13.5. The monoisotopic (exact) mass is 257 g/mol. The quantitative estimate of drug-likeness (QED) is 0.871. The van der Waals surface area contributed by atoms with E-state index in [2.05, 4.69) is 12.2 Å². The van der Waals surface area contributed by atoms with Gasteiger partial charge < -0.3 is 9.73 Å². The lowest BCUT2D eigenvalue weighted by atomic mass is 9.86. The van der Waals surface area contributed by atoms with Crippen molar-refractivity contribution in [2.45, 2.75) is 51.0 Å². The summed E-state index contributed by atoms with van der Waals surface area (Å²) in [4.78, 5) is 0. The van der Waals surface area contributed by atoms with E-state index in [9.17, 15) is 8.78 Å². The molecule has 2 rings (SSSR count). The first-order chi connectivity index (χ1) is 8.55. The molecule has 0 aromatic carbocycles. The van der Waals surface area contributed by atoms with E-state index in [0.29, 0.717) is 13.0 Å². The number of hydrogen-bond donors (Lipinski definition) is 1. The van der Waals surface area contributed by atoms with Crippen molar-refractivity contribution in [3.05, 3.63) is 24.2 Å². The maximum absolute atomic E-state index is 13.2. The van der Waals surface area contributed by atoms with Crippen molar-refractivity contribution in [2.24, 2.45) is 5.92 Å². The molecule has 1 aromatic rings. The van der Waals surface area contributed by atoms with Crippen LogP contribution in [0.2, 0.25) is 0 Å². The van der Waals surface area contributed by atoms with Crippen molar-refractivity contribution in [2.75, 3.05) is 6.54 Å². The van der Waals surface area contributed by atoms with Crippen LogP contribution in [0.4, 0.5) is 8.78 Å². The lowest BCUT2D eigenvalue weighted by molar-refractivity contribution is -0.0522. The average Bonchev–Trinajstić information content (AvgIpc) is 2.78. The van der Waals surface area contributed by atoms with E-state index in [4.69, 9.17) is 4.42 Å². The van der Waals surface area contributed by atoms with Crippen LogP contribution in [0.25, 0.3) is 0 Å². The normalized spacial score (nSPS) is 24.9. The molecule has 0 amide bonds. The topological polar surface area (TPSA) is 25.2 Å². The third-order valence-electron chi connectivity index (χ3n) is 3.58. The number of hydrogen-bond acceptors (Lipinski definition) is 2. The Morgan fingerprint density at radius 1 is 1.56 bits per heavy atom. The first-order valence-corrected chi connectivity index (χ1v) is 6.69. The van der Waals surface area contributed by atoms with Crippen LogP contribution in [-0.2, 0) is 6.42 Å². The summed E-state index contributed by atoms with van der Waals surface area (Å²) in [5, 5.41) is 3.34. The molecule has 1 heterocycles. The highest BCUT2D eigenvalue weighted by atomic mass is 19.3. The molecule has 2 unspecified atom stereocenters. The number of furan rings is 1. The van der Waals surface area contributed by atoms with Crippen molar-refractivity contribution in [1.29, 1.82) is 0 Å². The van der Waals surface area contributed by atoms with Crippen molar-refractivity contribution in [3.8, 4) is 0 Å². The molecule has 1 aromatic heterocycles. The van der Waals surface area contributed by atoms with E-state index in [0.717, 1.165) is 18.6 Å². The van der Waals surface area contributed by atoms with Gasteiger partial charge in [0, 0.05) is 25.3 Å². The van der Waals surface area contributed by atoms with Gasteiger partial charge in [0.25, 0.3) is 0 Å². The molecule has 1 saturated carbocycles. The minimum atomic E-state index is -2.45. The van der Waals surface area contributed by atoms with Gasteiger partial charge in [-0.05, 0) is 44.4 Å². The molecule has 18 heavy (non-hydrogen) atoms. The van der Waals surface area contributed by atoms with Gasteiger partial charge in [0.15, 0.2) is 0 Å². The maximum atomic E-state index is 13.2. The molecular weight excluding hydrogens is 236 g/mol. The van der Waals surface area contributed by atoms with E-state index in [-0.39, 0.29) is 24.8 Å². The summed E-state index contributed by atoms with van der Waals surface area (Å²) in [6.07, 6.45) is 4.11. The minimum absolute atomic E-state index is 0.0352. The summed E-state index contributed by atoms with van der Waals surface area (Å²) in [6.45, 7) is 2.74. The fraction of sp³-hybridized carbons (Fsp3) is 0.714. The Morgan fingerprint density at radius 3 is 3.06 bits per heavy atom. The van der Waals surface area contributed by atoms with Gasteiger partial charge in [0.2, 0.25) is 5.92 Å². The Labute approximate surface area is 107 Å². The molecule has 102 valence electrons. The fourth-order valence-electron chi connectivity index (χ4n) is 2.62. The van der Waals surface area contributed by atoms with E-state index >= 15 is 0 Å². The highest BCUT2D eigenvalue weighted by Crippen LogP contribution is 2.36. The van der Waals surface area contributed by atoms with Crippen LogP contribution in [0.15, 0.2) is 22.8 Å². The van der Waals surface area contributed by atoms with Crippen LogP contribution >= 0.6 is 0 Å². The average molecular weight is 257 g/mol. The van der Waals surface area contributed by atoms with E-state index in [1.807, 2.05) is 12.1 Å². The lowest BCUT2D eigenvalue weighted by Crippen LogP contribution is -2.37. The Bertz CT molecular complexity index is 351. The third kappa shape index (κ3) is 4.09. The number of halogens is 2. The third-order valence-corrected chi connectivity index (χ3v) is 3.58. The highest BCUT2D eigenvalue weighted by Gasteiger charge is 2.35. The van der Waals surface area contributed by atoms with Crippen LogP contribution in [-0.4, -0.2) is 18.5 Å². The second-order valence-corrected chi connectivity index (χ2v) is 5.41. The van der Waals surface area contributed by atoms with Crippen molar-refractivity contribution >= 4 is 0 Å². The van der Waals surface area contributed by atoms with Crippen molar-refractivity contribution in [1.82, 2.24) is 5.32 Å². The predicted octanol–water partition coefficient (Wildman–Crippen LogP) is 3.63. The van der Waals surface area contributed by atoms with Crippen LogP contribution < -0.4 is 5.32 Å². The second-order valence-electron chi connectivity index (χ2n) is 5.41. The van der Waals surface area contributed by atoms with E-state index in [1.165, 1.54) is 0 Å². The first-order valence-electron chi connectivity index (χ1n) is 6.69. The Morgan fingerprint density at radius 2 is 2.39 bits per heavy atom. The molecule has 2 nitrogen and oxygen atoms in total. The van der Waals surface area contributed by atoms with Crippen molar-refractivity contribution in [3.63, 3.8) is 0 Å². The molecule has 1 aliphatic carbocycles. The smallest absolute Gasteiger partial charge is 0.248 e. The zero-order valence-electron chi connectivity index (χ0n) is 10.8. The lowest BCUT2D eigenvalue weighted by Gasteiger charge is -2.29. The van der Waals surface area contributed by atoms with Gasteiger partial charge in [-0.1, -0.05) is 0 Å². The van der Waals surface area contributed by atoms with E-state index < -0.39 is 5.92 Å². The zero-order chi connectivity index (χ0) is 13.0. The molecule has 1 N–H and O–H groups in total. The molecule has 1 fully saturated rings. The molecule has 0 radical (unpaired) electrons. The molecular formula is C14H21F2NO. The molecule has 1 aliphatic rings. The van der Waals surface area contributed by atoms with Gasteiger partial charge in [0.1, 0.15) is 5.76 Å².